The Morgan fingerprint density at radius 3 is 2.24 bits per heavy atom. The Bertz CT molecular complexity index is 926. The summed E-state index contributed by atoms with van der Waals surface area (Å²) in [4.78, 5) is 7.03. The third kappa shape index (κ3) is 4.47. The average Bonchev–Trinajstić information content (AvgIpc) is 3.30. The van der Waals surface area contributed by atoms with Gasteiger partial charge in [0.25, 0.3) is 0 Å². The maximum atomic E-state index is 4.61. The summed E-state index contributed by atoms with van der Waals surface area (Å²) in [5.74, 6) is 1.17. The molecule has 2 N–H and O–H groups in total. The van der Waals surface area contributed by atoms with Crippen LogP contribution in [0.3, 0.4) is 0 Å². The highest BCUT2D eigenvalue weighted by Gasteiger charge is 2.12. The van der Waals surface area contributed by atoms with Crippen LogP contribution in [0.15, 0.2) is 48.7 Å². The number of para-hydroxylation sites is 1. The van der Waals surface area contributed by atoms with E-state index < -0.39 is 0 Å². The third-order valence-corrected chi connectivity index (χ3v) is 5.41. The number of nitrogens with one attached hydrogen (secondary N) is 2. The lowest BCUT2D eigenvalue weighted by Gasteiger charge is -2.18. The number of benzene rings is 2. The van der Waals surface area contributed by atoms with Crippen LogP contribution in [0.5, 0.6) is 0 Å². The summed E-state index contributed by atoms with van der Waals surface area (Å²) in [5, 5.41) is 15.0. The van der Waals surface area contributed by atoms with Crippen LogP contribution in [0.25, 0.3) is 0 Å². The molecular weight excluding hydrogens is 360 g/mol. The summed E-state index contributed by atoms with van der Waals surface area (Å²) in [6.45, 7) is 6.62. The summed E-state index contributed by atoms with van der Waals surface area (Å²) >= 11 is 0. The van der Waals surface area contributed by atoms with Crippen LogP contribution < -0.4 is 15.5 Å². The van der Waals surface area contributed by atoms with Gasteiger partial charge in [0, 0.05) is 30.2 Å². The second-order valence-electron chi connectivity index (χ2n) is 7.31. The number of hydrogen-bond acceptors (Lipinski definition) is 6. The van der Waals surface area contributed by atoms with Crippen LogP contribution >= 0.6 is 0 Å². The molecule has 0 radical (unpaired) electrons. The molecule has 1 aromatic heterocycles. The van der Waals surface area contributed by atoms with Gasteiger partial charge in [0.15, 0.2) is 5.82 Å². The molecule has 6 heteroatoms. The second-order valence-corrected chi connectivity index (χ2v) is 7.31. The summed E-state index contributed by atoms with van der Waals surface area (Å²) < 4.78 is 0. The van der Waals surface area contributed by atoms with Gasteiger partial charge in [-0.1, -0.05) is 32.0 Å². The van der Waals surface area contributed by atoms with Crippen molar-refractivity contribution in [2.24, 2.45) is 0 Å². The normalized spacial score (nSPS) is 13.5. The Balaban J connectivity index is 1.49. The van der Waals surface area contributed by atoms with Gasteiger partial charge in [-0.25, -0.2) is 0 Å². The van der Waals surface area contributed by atoms with E-state index in [1.54, 1.807) is 6.20 Å². The van der Waals surface area contributed by atoms with Gasteiger partial charge < -0.3 is 15.5 Å². The monoisotopic (exact) mass is 388 g/mol. The van der Waals surface area contributed by atoms with Crippen LogP contribution in [0.1, 0.15) is 37.8 Å². The summed E-state index contributed by atoms with van der Waals surface area (Å²) in [5.41, 5.74) is 5.89. The lowest BCUT2D eigenvalue weighted by molar-refractivity contribution is 0.949. The molecule has 0 saturated carbocycles. The van der Waals surface area contributed by atoms with Crippen molar-refractivity contribution in [1.82, 2.24) is 15.2 Å². The Hall–Kier alpha value is -3.15. The molecule has 0 atom stereocenters. The van der Waals surface area contributed by atoms with Crippen LogP contribution in [-0.2, 0) is 12.8 Å². The zero-order valence-corrected chi connectivity index (χ0v) is 17.2. The Labute approximate surface area is 172 Å². The molecule has 0 amide bonds. The van der Waals surface area contributed by atoms with Gasteiger partial charge in [-0.2, -0.15) is 10.1 Å². The first-order valence-corrected chi connectivity index (χ1v) is 10.5. The molecule has 0 aliphatic carbocycles. The number of anilines is 5. The summed E-state index contributed by atoms with van der Waals surface area (Å²) in [7, 11) is 0. The fourth-order valence-corrected chi connectivity index (χ4v) is 3.81. The smallest absolute Gasteiger partial charge is 0.249 e. The number of rotatable bonds is 7. The molecule has 1 aliphatic heterocycles. The van der Waals surface area contributed by atoms with Crippen molar-refractivity contribution in [2.75, 3.05) is 28.6 Å². The van der Waals surface area contributed by atoms with Crippen molar-refractivity contribution < 1.29 is 0 Å². The molecule has 0 spiro atoms. The molecule has 0 unspecified atom stereocenters. The van der Waals surface area contributed by atoms with Crippen LogP contribution in [0.2, 0.25) is 0 Å². The quantitative estimate of drug-likeness (QED) is 0.588. The van der Waals surface area contributed by atoms with Crippen molar-refractivity contribution in [2.45, 2.75) is 39.5 Å². The second kappa shape index (κ2) is 8.90. The number of aryl methyl sites for hydroxylation is 2. The maximum absolute atomic E-state index is 4.61. The zero-order chi connectivity index (χ0) is 20.1. The van der Waals surface area contributed by atoms with E-state index in [0.29, 0.717) is 11.8 Å². The molecule has 1 saturated heterocycles. The van der Waals surface area contributed by atoms with E-state index in [-0.39, 0.29) is 0 Å². The molecule has 2 aromatic carbocycles. The minimum atomic E-state index is 0.482. The molecule has 2 heterocycles. The van der Waals surface area contributed by atoms with Gasteiger partial charge in [0.05, 0.1) is 6.20 Å². The van der Waals surface area contributed by atoms with Crippen molar-refractivity contribution in [1.29, 1.82) is 0 Å². The highest BCUT2D eigenvalue weighted by atomic mass is 15.3. The number of nitrogens with zero attached hydrogens (tertiary/aromatic N) is 4. The first-order chi connectivity index (χ1) is 14.3. The topological polar surface area (TPSA) is 66.0 Å². The van der Waals surface area contributed by atoms with Crippen molar-refractivity contribution in [3.05, 3.63) is 59.8 Å². The summed E-state index contributed by atoms with van der Waals surface area (Å²) in [6, 6.07) is 14.8. The molecule has 6 nitrogen and oxygen atoms in total. The fraction of sp³-hybridized carbons (Fsp3) is 0.348. The van der Waals surface area contributed by atoms with Gasteiger partial charge in [0.2, 0.25) is 5.95 Å². The van der Waals surface area contributed by atoms with Crippen molar-refractivity contribution in [3.8, 4) is 0 Å². The van der Waals surface area contributed by atoms with Gasteiger partial charge >= 0.3 is 0 Å². The molecule has 29 heavy (non-hydrogen) atoms. The van der Waals surface area contributed by atoms with Crippen molar-refractivity contribution >= 4 is 28.8 Å². The standard InChI is InChI=1S/C23H28N6/c1-3-17-8-7-9-18(4-2)22(17)26-21-16-24-28-23(27-21)25-19-10-12-20(13-11-19)29-14-5-6-15-29/h7-13,16H,3-6,14-15H2,1-2H3,(H2,25,26,27,28). The van der Waals surface area contributed by atoms with Crippen molar-refractivity contribution in [3.63, 3.8) is 0 Å². The van der Waals surface area contributed by atoms with Gasteiger partial charge in [-0.05, 0) is 61.1 Å². The van der Waals surface area contributed by atoms with E-state index in [2.05, 4.69) is 87.0 Å². The predicted molar refractivity (Wildman–Crippen MR) is 119 cm³/mol. The molecule has 0 bridgehead atoms. The van der Waals surface area contributed by atoms with E-state index in [9.17, 15) is 0 Å². The molecular formula is C23H28N6. The minimum absolute atomic E-state index is 0.482. The number of hydrogen-bond donors (Lipinski definition) is 2. The van der Waals surface area contributed by atoms with Crippen LogP contribution in [0, 0.1) is 0 Å². The summed E-state index contributed by atoms with van der Waals surface area (Å²) in [6.07, 6.45) is 6.14. The zero-order valence-electron chi connectivity index (χ0n) is 17.2. The number of aromatic nitrogens is 3. The lowest BCUT2D eigenvalue weighted by atomic mass is 10.0. The van der Waals surface area contributed by atoms with E-state index >= 15 is 0 Å². The third-order valence-electron chi connectivity index (χ3n) is 5.41. The molecule has 3 aromatic rings. The minimum Gasteiger partial charge on any atom is -0.372 e. The van der Waals surface area contributed by atoms with Crippen LogP contribution in [-0.4, -0.2) is 28.3 Å². The molecule has 4 rings (SSSR count). The van der Waals surface area contributed by atoms with Crippen LogP contribution in [0.4, 0.5) is 28.8 Å². The first kappa shape index (κ1) is 19.2. The highest BCUT2D eigenvalue weighted by Crippen LogP contribution is 2.26. The highest BCUT2D eigenvalue weighted by molar-refractivity contribution is 5.66. The molecule has 1 aliphatic rings. The lowest BCUT2D eigenvalue weighted by Crippen LogP contribution is -2.17. The van der Waals surface area contributed by atoms with E-state index in [1.165, 1.54) is 29.7 Å². The SMILES string of the molecule is CCc1cccc(CC)c1Nc1cnnc(Nc2ccc(N3CCCC3)cc2)n1. The Morgan fingerprint density at radius 2 is 1.59 bits per heavy atom. The molecule has 1 fully saturated rings. The Kier molecular flexibility index (Phi) is 5.89. The van der Waals surface area contributed by atoms with E-state index in [4.69, 9.17) is 0 Å². The molecule has 150 valence electrons. The van der Waals surface area contributed by atoms with E-state index in [1.807, 2.05) is 0 Å². The fourth-order valence-electron chi connectivity index (χ4n) is 3.81. The maximum Gasteiger partial charge on any atom is 0.249 e. The van der Waals surface area contributed by atoms with Gasteiger partial charge in [-0.15, -0.1) is 5.10 Å². The average molecular weight is 389 g/mol. The first-order valence-electron chi connectivity index (χ1n) is 10.5. The van der Waals surface area contributed by atoms with Gasteiger partial charge in [-0.3, -0.25) is 0 Å². The van der Waals surface area contributed by atoms with E-state index in [0.717, 1.165) is 37.3 Å². The largest absolute Gasteiger partial charge is 0.372 e. The predicted octanol–water partition coefficient (Wildman–Crippen LogP) is 5.08. The Morgan fingerprint density at radius 1 is 0.897 bits per heavy atom. The van der Waals surface area contributed by atoms with Gasteiger partial charge in [0.1, 0.15) is 0 Å².